The highest BCUT2D eigenvalue weighted by Crippen LogP contribution is 2.30. The van der Waals surface area contributed by atoms with Gasteiger partial charge in [-0.25, -0.2) is 0 Å². The van der Waals surface area contributed by atoms with Gasteiger partial charge in [0.2, 0.25) is 0 Å². The lowest BCUT2D eigenvalue weighted by atomic mass is 9.97. The SMILES string of the molecule is c1cc2cc(c1)CSCc1cccc(c1)-c1cccc(c1)-c1cccc(c1)CSC2. The highest BCUT2D eigenvalue weighted by molar-refractivity contribution is 7.98. The maximum absolute atomic E-state index is 2.38. The first-order valence-electron chi connectivity index (χ1n) is 10.4. The molecular formula is C28H24S2. The highest BCUT2D eigenvalue weighted by Gasteiger charge is 2.06. The van der Waals surface area contributed by atoms with Crippen molar-refractivity contribution in [3.8, 4) is 22.3 Å². The van der Waals surface area contributed by atoms with Crippen LogP contribution in [0.15, 0.2) is 97.1 Å². The standard InChI is InChI=1S/C28H24S2/c1-5-21-13-22(6-1)18-30-20-24-8-3-10-26(15-24)28-12-4-11-27(16-28)25-9-2-7-23(14-25)19-29-17-21/h1-16H,17-20H2. The predicted octanol–water partition coefficient (Wildman–Crippen LogP) is 8.20. The summed E-state index contributed by atoms with van der Waals surface area (Å²) < 4.78 is 0. The summed E-state index contributed by atoms with van der Waals surface area (Å²) in [6.45, 7) is 0. The Hall–Kier alpha value is -2.42. The Labute approximate surface area is 187 Å². The molecule has 0 spiro atoms. The Balaban J connectivity index is 1.53. The second-order valence-electron chi connectivity index (χ2n) is 7.79. The Kier molecular flexibility index (Phi) is 5.96. The summed E-state index contributed by atoms with van der Waals surface area (Å²) in [5.74, 6) is 4.18. The van der Waals surface area contributed by atoms with E-state index in [4.69, 9.17) is 0 Å². The van der Waals surface area contributed by atoms with Gasteiger partial charge >= 0.3 is 0 Å². The van der Waals surface area contributed by atoms with E-state index >= 15 is 0 Å². The average Bonchev–Trinajstić information content (AvgIpc) is 2.79. The highest BCUT2D eigenvalue weighted by atomic mass is 32.2. The lowest BCUT2D eigenvalue weighted by molar-refractivity contribution is 1.31. The van der Waals surface area contributed by atoms with Crippen molar-refractivity contribution in [1.82, 2.24) is 0 Å². The maximum Gasteiger partial charge on any atom is 0.0188 e. The Morgan fingerprint density at radius 2 is 0.700 bits per heavy atom. The molecule has 30 heavy (non-hydrogen) atoms. The van der Waals surface area contributed by atoms with E-state index in [2.05, 4.69) is 97.1 Å². The minimum atomic E-state index is 1.04. The molecule has 0 radical (unpaired) electrons. The van der Waals surface area contributed by atoms with Gasteiger partial charge in [-0.1, -0.05) is 91.0 Å². The Morgan fingerprint density at radius 1 is 0.367 bits per heavy atom. The van der Waals surface area contributed by atoms with Crippen LogP contribution in [0.3, 0.4) is 0 Å². The molecule has 0 saturated heterocycles. The molecule has 0 aromatic heterocycles. The van der Waals surface area contributed by atoms with Crippen LogP contribution in [-0.2, 0) is 23.0 Å². The van der Waals surface area contributed by atoms with Crippen LogP contribution < -0.4 is 0 Å². The van der Waals surface area contributed by atoms with Crippen molar-refractivity contribution in [1.29, 1.82) is 0 Å². The number of hydrogen-bond donors (Lipinski definition) is 0. The average molecular weight is 425 g/mol. The molecule has 0 saturated carbocycles. The van der Waals surface area contributed by atoms with Crippen molar-refractivity contribution in [2.24, 2.45) is 0 Å². The van der Waals surface area contributed by atoms with Crippen LogP contribution in [0.2, 0.25) is 0 Å². The Bertz CT molecular complexity index is 1080. The van der Waals surface area contributed by atoms with Crippen molar-refractivity contribution in [3.63, 3.8) is 0 Å². The van der Waals surface area contributed by atoms with E-state index in [1.54, 1.807) is 0 Å². The van der Waals surface area contributed by atoms with Gasteiger partial charge in [0.1, 0.15) is 0 Å². The van der Waals surface area contributed by atoms with Gasteiger partial charge in [-0.3, -0.25) is 0 Å². The lowest BCUT2D eigenvalue weighted by Gasteiger charge is -2.11. The van der Waals surface area contributed by atoms with E-state index in [-0.39, 0.29) is 0 Å². The van der Waals surface area contributed by atoms with Crippen molar-refractivity contribution in [2.75, 3.05) is 0 Å². The van der Waals surface area contributed by atoms with Crippen LogP contribution >= 0.6 is 23.5 Å². The fraction of sp³-hybridized carbons (Fsp3) is 0.143. The van der Waals surface area contributed by atoms with Gasteiger partial charge in [0.25, 0.3) is 0 Å². The number of rotatable bonds is 0. The molecule has 0 amide bonds. The maximum atomic E-state index is 2.38. The van der Waals surface area contributed by atoms with Crippen molar-refractivity contribution in [3.05, 3.63) is 119 Å². The van der Waals surface area contributed by atoms with Gasteiger partial charge in [0, 0.05) is 23.0 Å². The second kappa shape index (κ2) is 9.16. The van der Waals surface area contributed by atoms with Crippen molar-refractivity contribution in [2.45, 2.75) is 23.0 Å². The van der Waals surface area contributed by atoms with E-state index < -0.39 is 0 Å². The van der Waals surface area contributed by atoms with Gasteiger partial charge in [-0.2, -0.15) is 23.5 Å². The molecular weight excluding hydrogens is 400 g/mol. The minimum Gasteiger partial charge on any atom is -0.152 e. The van der Waals surface area contributed by atoms with E-state index in [0.29, 0.717) is 0 Å². The van der Waals surface area contributed by atoms with E-state index in [1.165, 1.54) is 44.5 Å². The van der Waals surface area contributed by atoms with Gasteiger partial charge in [0.05, 0.1) is 0 Å². The molecule has 4 aromatic carbocycles. The molecule has 0 fully saturated rings. The Morgan fingerprint density at radius 3 is 1.17 bits per heavy atom. The third kappa shape index (κ3) is 4.66. The van der Waals surface area contributed by atoms with Crippen LogP contribution in [0.4, 0.5) is 0 Å². The quantitative estimate of drug-likeness (QED) is 0.279. The van der Waals surface area contributed by atoms with Crippen LogP contribution in [0.1, 0.15) is 22.3 Å². The van der Waals surface area contributed by atoms with Gasteiger partial charge in [0.15, 0.2) is 0 Å². The first-order valence-corrected chi connectivity index (χ1v) is 12.7. The zero-order chi connectivity index (χ0) is 20.2. The number of hydrogen-bond acceptors (Lipinski definition) is 2. The summed E-state index contributed by atoms with van der Waals surface area (Å²) in [7, 11) is 0. The molecule has 2 heteroatoms. The van der Waals surface area contributed by atoms with Crippen LogP contribution in [0.25, 0.3) is 22.3 Å². The third-order valence-electron chi connectivity index (χ3n) is 5.45. The third-order valence-corrected chi connectivity index (χ3v) is 7.60. The van der Waals surface area contributed by atoms with Crippen LogP contribution in [-0.4, -0.2) is 0 Å². The van der Waals surface area contributed by atoms with Crippen molar-refractivity contribution >= 4 is 23.5 Å². The fourth-order valence-corrected chi connectivity index (χ4v) is 5.81. The molecule has 0 N–H and O–H groups in total. The van der Waals surface area contributed by atoms with E-state index in [0.717, 1.165) is 23.0 Å². The van der Waals surface area contributed by atoms with Gasteiger partial charge in [-0.05, 0) is 50.6 Å². The normalized spacial score (nSPS) is 13.9. The summed E-state index contributed by atoms with van der Waals surface area (Å²) in [6.07, 6.45) is 0. The predicted molar refractivity (Wildman–Crippen MR) is 134 cm³/mol. The van der Waals surface area contributed by atoms with Gasteiger partial charge < -0.3 is 0 Å². The first kappa shape index (κ1) is 19.5. The molecule has 8 bridgehead atoms. The lowest BCUT2D eigenvalue weighted by Crippen LogP contribution is -1.90. The number of fused-ring (bicyclic) bond motifs is 10. The molecule has 5 rings (SSSR count). The number of thioether (sulfide) groups is 2. The monoisotopic (exact) mass is 424 g/mol. The molecule has 0 atom stereocenters. The van der Waals surface area contributed by atoms with Crippen molar-refractivity contribution < 1.29 is 0 Å². The smallest absolute Gasteiger partial charge is 0.0188 e. The first-order chi connectivity index (χ1) is 14.8. The largest absolute Gasteiger partial charge is 0.152 e. The molecule has 1 heterocycles. The molecule has 0 unspecified atom stereocenters. The summed E-state index contributed by atoms with van der Waals surface area (Å²) in [5, 5.41) is 0. The zero-order valence-electron chi connectivity index (χ0n) is 16.9. The summed E-state index contributed by atoms with van der Waals surface area (Å²) in [6, 6.07) is 36.0. The summed E-state index contributed by atoms with van der Waals surface area (Å²) in [4.78, 5) is 0. The molecule has 1 aliphatic rings. The summed E-state index contributed by atoms with van der Waals surface area (Å²) >= 11 is 3.99. The van der Waals surface area contributed by atoms with Crippen LogP contribution in [0.5, 0.6) is 0 Å². The molecule has 0 nitrogen and oxygen atoms in total. The van der Waals surface area contributed by atoms with E-state index in [1.807, 2.05) is 23.5 Å². The molecule has 1 aliphatic heterocycles. The molecule has 4 aromatic rings. The van der Waals surface area contributed by atoms with Gasteiger partial charge in [-0.15, -0.1) is 0 Å². The molecule has 148 valence electrons. The minimum absolute atomic E-state index is 1.04. The topological polar surface area (TPSA) is 0 Å². The van der Waals surface area contributed by atoms with Crippen LogP contribution in [0, 0.1) is 0 Å². The molecule has 0 aliphatic carbocycles. The zero-order valence-corrected chi connectivity index (χ0v) is 18.5. The van der Waals surface area contributed by atoms with E-state index in [9.17, 15) is 0 Å². The number of benzene rings is 4. The second-order valence-corrected chi connectivity index (χ2v) is 9.76. The fourth-order valence-electron chi connectivity index (χ4n) is 3.94. The summed E-state index contributed by atoms with van der Waals surface area (Å²) in [5.41, 5.74) is 10.8.